The number of halogens is 1. The molecule has 0 radical (unpaired) electrons. The summed E-state index contributed by atoms with van der Waals surface area (Å²) in [5.74, 6) is 0. The van der Waals surface area contributed by atoms with Crippen molar-refractivity contribution in [2.24, 2.45) is 12.8 Å². The van der Waals surface area contributed by atoms with Crippen molar-refractivity contribution in [3.05, 3.63) is 46.2 Å². The molecule has 0 saturated carbocycles. The Morgan fingerprint density at radius 2 is 2.06 bits per heavy atom. The molecule has 0 aliphatic carbocycles. The monoisotopic (exact) mass is 280 g/mol. The topological polar surface area (TPSA) is 56.7 Å². The standard InChI is InChI=1S/C11H13BrN4/c1-16-10(11(12)14-15-16)9(13)7-8-5-3-2-4-6-8/h2-6,9H,7,13H2,1H3. The highest BCUT2D eigenvalue weighted by Gasteiger charge is 2.16. The molecule has 84 valence electrons. The number of aryl methyl sites for hydroxylation is 1. The first kappa shape index (κ1) is 11.3. The minimum absolute atomic E-state index is 0.100. The minimum atomic E-state index is -0.100. The molecular weight excluding hydrogens is 268 g/mol. The van der Waals surface area contributed by atoms with Gasteiger partial charge in [-0.25, -0.2) is 4.68 Å². The van der Waals surface area contributed by atoms with Crippen molar-refractivity contribution in [1.82, 2.24) is 15.0 Å². The minimum Gasteiger partial charge on any atom is -0.322 e. The van der Waals surface area contributed by atoms with Gasteiger partial charge in [-0.05, 0) is 27.9 Å². The smallest absolute Gasteiger partial charge is 0.153 e. The normalized spacial score (nSPS) is 12.7. The molecule has 0 aliphatic rings. The van der Waals surface area contributed by atoms with E-state index in [-0.39, 0.29) is 6.04 Å². The zero-order chi connectivity index (χ0) is 11.5. The largest absolute Gasteiger partial charge is 0.322 e. The summed E-state index contributed by atoms with van der Waals surface area (Å²) in [5, 5.41) is 7.85. The van der Waals surface area contributed by atoms with Crippen LogP contribution in [0.5, 0.6) is 0 Å². The maximum atomic E-state index is 6.14. The number of nitrogens with zero attached hydrogens (tertiary/aromatic N) is 3. The molecule has 2 rings (SSSR count). The fourth-order valence-corrected chi connectivity index (χ4v) is 2.32. The van der Waals surface area contributed by atoms with E-state index in [9.17, 15) is 0 Å². The quantitative estimate of drug-likeness (QED) is 0.933. The number of benzene rings is 1. The van der Waals surface area contributed by atoms with Gasteiger partial charge >= 0.3 is 0 Å². The molecule has 1 atom stereocenters. The zero-order valence-corrected chi connectivity index (χ0v) is 10.6. The number of rotatable bonds is 3. The van der Waals surface area contributed by atoms with E-state index < -0.39 is 0 Å². The van der Waals surface area contributed by atoms with Crippen LogP contribution in [-0.4, -0.2) is 15.0 Å². The summed E-state index contributed by atoms with van der Waals surface area (Å²) in [7, 11) is 1.85. The Morgan fingerprint density at radius 1 is 1.38 bits per heavy atom. The average Bonchev–Trinajstić information content (AvgIpc) is 2.60. The van der Waals surface area contributed by atoms with E-state index in [1.165, 1.54) is 5.56 Å². The lowest BCUT2D eigenvalue weighted by Gasteiger charge is -2.11. The number of aromatic nitrogens is 3. The molecule has 0 aliphatic heterocycles. The third-order valence-corrected chi connectivity index (χ3v) is 3.04. The molecular formula is C11H13BrN4. The van der Waals surface area contributed by atoms with Crippen molar-refractivity contribution >= 4 is 15.9 Å². The van der Waals surface area contributed by atoms with Gasteiger partial charge in [0.25, 0.3) is 0 Å². The number of hydrogen-bond acceptors (Lipinski definition) is 3. The summed E-state index contributed by atoms with van der Waals surface area (Å²) in [5.41, 5.74) is 8.27. The molecule has 4 nitrogen and oxygen atoms in total. The van der Waals surface area contributed by atoms with E-state index in [1.807, 2.05) is 25.2 Å². The molecule has 0 bridgehead atoms. The molecule has 0 spiro atoms. The Balaban J connectivity index is 2.18. The van der Waals surface area contributed by atoms with Crippen LogP contribution in [0, 0.1) is 0 Å². The van der Waals surface area contributed by atoms with Crippen LogP contribution >= 0.6 is 15.9 Å². The van der Waals surface area contributed by atoms with E-state index in [1.54, 1.807) is 4.68 Å². The predicted molar refractivity (Wildman–Crippen MR) is 65.8 cm³/mol. The first-order chi connectivity index (χ1) is 7.68. The molecule has 1 aromatic heterocycles. The van der Waals surface area contributed by atoms with Gasteiger partial charge in [0, 0.05) is 7.05 Å². The van der Waals surface area contributed by atoms with Gasteiger partial charge in [0.1, 0.15) is 0 Å². The van der Waals surface area contributed by atoms with E-state index in [2.05, 4.69) is 38.4 Å². The summed E-state index contributed by atoms with van der Waals surface area (Å²) in [6, 6.07) is 10.1. The Labute approximate surface area is 103 Å². The van der Waals surface area contributed by atoms with Crippen molar-refractivity contribution < 1.29 is 0 Å². The SMILES string of the molecule is Cn1nnc(Br)c1C(N)Cc1ccccc1. The van der Waals surface area contributed by atoms with Gasteiger partial charge < -0.3 is 5.73 Å². The van der Waals surface area contributed by atoms with Gasteiger partial charge in [-0.15, -0.1) is 5.10 Å². The summed E-state index contributed by atoms with van der Waals surface area (Å²) in [6.07, 6.45) is 0.778. The summed E-state index contributed by atoms with van der Waals surface area (Å²) in [4.78, 5) is 0. The molecule has 5 heteroatoms. The van der Waals surface area contributed by atoms with E-state index in [0.29, 0.717) is 0 Å². The Morgan fingerprint density at radius 3 is 2.62 bits per heavy atom. The molecule has 1 aromatic carbocycles. The van der Waals surface area contributed by atoms with Crippen molar-refractivity contribution in [3.8, 4) is 0 Å². The zero-order valence-electron chi connectivity index (χ0n) is 8.97. The fourth-order valence-electron chi connectivity index (χ4n) is 1.70. The van der Waals surface area contributed by atoms with Crippen LogP contribution in [0.4, 0.5) is 0 Å². The third-order valence-electron chi connectivity index (χ3n) is 2.48. The highest BCUT2D eigenvalue weighted by Crippen LogP contribution is 2.21. The lowest BCUT2D eigenvalue weighted by molar-refractivity contribution is 0.606. The molecule has 1 heterocycles. The fraction of sp³-hybridized carbons (Fsp3) is 0.273. The first-order valence-corrected chi connectivity index (χ1v) is 5.82. The summed E-state index contributed by atoms with van der Waals surface area (Å²) < 4.78 is 2.43. The third kappa shape index (κ3) is 2.31. The molecule has 16 heavy (non-hydrogen) atoms. The lowest BCUT2D eigenvalue weighted by Crippen LogP contribution is -2.17. The molecule has 0 saturated heterocycles. The van der Waals surface area contributed by atoms with Crippen LogP contribution < -0.4 is 5.73 Å². The molecule has 0 fully saturated rings. The van der Waals surface area contributed by atoms with Gasteiger partial charge in [0.05, 0.1) is 11.7 Å². The molecule has 2 aromatic rings. The first-order valence-electron chi connectivity index (χ1n) is 5.03. The molecule has 1 unspecified atom stereocenters. The van der Waals surface area contributed by atoms with Crippen LogP contribution in [0.1, 0.15) is 17.3 Å². The van der Waals surface area contributed by atoms with Crippen LogP contribution in [0.3, 0.4) is 0 Å². The maximum absolute atomic E-state index is 6.14. The van der Waals surface area contributed by atoms with Crippen molar-refractivity contribution in [2.45, 2.75) is 12.5 Å². The van der Waals surface area contributed by atoms with Gasteiger partial charge in [0.2, 0.25) is 0 Å². The van der Waals surface area contributed by atoms with E-state index >= 15 is 0 Å². The highest BCUT2D eigenvalue weighted by atomic mass is 79.9. The van der Waals surface area contributed by atoms with Gasteiger partial charge in [-0.1, -0.05) is 35.5 Å². The number of nitrogens with two attached hydrogens (primary N) is 1. The number of hydrogen-bond donors (Lipinski definition) is 1. The lowest BCUT2D eigenvalue weighted by atomic mass is 10.0. The average molecular weight is 281 g/mol. The molecule has 0 amide bonds. The van der Waals surface area contributed by atoms with Gasteiger partial charge in [-0.2, -0.15) is 0 Å². The van der Waals surface area contributed by atoms with Crippen LogP contribution in [-0.2, 0) is 13.5 Å². The van der Waals surface area contributed by atoms with Crippen LogP contribution in [0.25, 0.3) is 0 Å². The van der Waals surface area contributed by atoms with Gasteiger partial charge in [0.15, 0.2) is 4.60 Å². The Bertz CT molecular complexity index is 447. The van der Waals surface area contributed by atoms with Crippen LogP contribution in [0.2, 0.25) is 0 Å². The van der Waals surface area contributed by atoms with E-state index in [0.717, 1.165) is 16.7 Å². The van der Waals surface area contributed by atoms with Crippen LogP contribution in [0.15, 0.2) is 34.9 Å². The molecule has 2 N–H and O–H groups in total. The van der Waals surface area contributed by atoms with E-state index in [4.69, 9.17) is 5.73 Å². The Kier molecular flexibility index (Phi) is 3.36. The van der Waals surface area contributed by atoms with Crippen molar-refractivity contribution in [3.63, 3.8) is 0 Å². The van der Waals surface area contributed by atoms with Crippen molar-refractivity contribution in [1.29, 1.82) is 0 Å². The highest BCUT2D eigenvalue weighted by molar-refractivity contribution is 9.10. The van der Waals surface area contributed by atoms with Gasteiger partial charge in [-0.3, -0.25) is 0 Å². The second-order valence-corrected chi connectivity index (χ2v) is 4.44. The summed E-state index contributed by atoms with van der Waals surface area (Å²) >= 11 is 3.36. The van der Waals surface area contributed by atoms with Crippen molar-refractivity contribution in [2.75, 3.05) is 0 Å². The maximum Gasteiger partial charge on any atom is 0.153 e. The summed E-state index contributed by atoms with van der Waals surface area (Å²) in [6.45, 7) is 0. The Hall–Kier alpha value is -1.20. The second kappa shape index (κ2) is 4.76. The predicted octanol–water partition coefficient (Wildman–Crippen LogP) is 1.82. The second-order valence-electron chi connectivity index (χ2n) is 3.69.